The fraction of sp³-hybridized carbons (Fsp3) is 1.00. The van der Waals surface area contributed by atoms with E-state index in [1.54, 1.807) is 6.92 Å². The van der Waals surface area contributed by atoms with Gasteiger partial charge in [-0.25, -0.2) is 4.39 Å². The fourth-order valence-corrected chi connectivity index (χ4v) is 1.78. The molecule has 0 aromatic rings. The van der Waals surface area contributed by atoms with Crippen molar-refractivity contribution in [2.75, 3.05) is 13.1 Å². The van der Waals surface area contributed by atoms with Crippen LogP contribution < -0.4 is 0 Å². The standard InChI is InChI=1S/C10H20FN/c1-9(2)12-7-4-5-10(3,11)6-8-12/h9H,4-8H2,1-3H3. The van der Waals surface area contributed by atoms with Crippen LogP contribution in [0.25, 0.3) is 0 Å². The third-order valence-electron chi connectivity index (χ3n) is 2.79. The third kappa shape index (κ3) is 2.74. The van der Waals surface area contributed by atoms with Crippen molar-refractivity contribution in [2.45, 2.75) is 51.7 Å². The minimum absolute atomic E-state index is 0.568. The molecule has 0 amide bonds. The van der Waals surface area contributed by atoms with Crippen LogP contribution in [0.2, 0.25) is 0 Å². The van der Waals surface area contributed by atoms with Crippen LogP contribution in [0, 0.1) is 0 Å². The number of hydrogen-bond acceptors (Lipinski definition) is 1. The highest BCUT2D eigenvalue weighted by atomic mass is 19.1. The average molecular weight is 173 g/mol. The lowest BCUT2D eigenvalue weighted by atomic mass is 10.00. The molecule has 0 spiro atoms. The first-order valence-electron chi connectivity index (χ1n) is 4.94. The molecule has 0 N–H and O–H groups in total. The quantitative estimate of drug-likeness (QED) is 0.589. The summed E-state index contributed by atoms with van der Waals surface area (Å²) in [6.45, 7) is 8.08. The predicted octanol–water partition coefficient (Wildman–Crippen LogP) is 2.61. The third-order valence-corrected chi connectivity index (χ3v) is 2.79. The van der Waals surface area contributed by atoms with Crippen LogP contribution in [0.5, 0.6) is 0 Å². The van der Waals surface area contributed by atoms with E-state index >= 15 is 0 Å². The summed E-state index contributed by atoms with van der Waals surface area (Å²) in [5, 5.41) is 0. The molecule has 1 unspecified atom stereocenters. The number of halogens is 1. The molecule has 1 heterocycles. The highest BCUT2D eigenvalue weighted by molar-refractivity contribution is 4.80. The van der Waals surface area contributed by atoms with Crippen LogP contribution in [0.4, 0.5) is 4.39 Å². The maximum Gasteiger partial charge on any atom is 0.109 e. The van der Waals surface area contributed by atoms with Gasteiger partial charge in [0, 0.05) is 12.6 Å². The van der Waals surface area contributed by atoms with E-state index < -0.39 is 5.67 Å². The highest BCUT2D eigenvalue weighted by Gasteiger charge is 2.27. The predicted molar refractivity (Wildman–Crippen MR) is 50.1 cm³/mol. The van der Waals surface area contributed by atoms with Gasteiger partial charge < -0.3 is 4.90 Å². The zero-order valence-corrected chi connectivity index (χ0v) is 8.44. The molecule has 0 radical (unpaired) electrons. The molecule has 1 rings (SSSR count). The van der Waals surface area contributed by atoms with Gasteiger partial charge in [0.05, 0.1) is 0 Å². The molecule has 2 heteroatoms. The van der Waals surface area contributed by atoms with E-state index in [-0.39, 0.29) is 0 Å². The number of rotatable bonds is 1. The Labute approximate surface area is 74.9 Å². The Bertz CT molecular complexity index is 143. The van der Waals surface area contributed by atoms with Crippen molar-refractivity contribution in [1.82, 2.24) is 4.90 Å². The second-order valence-electron chi connectivity index (χ2n) is 4.40. The van der Waals surface area contributed by atoms with Crippen molar-refractivity contribution in [1.29, 1.82) is 0 Å². The van der Waals surface area contributed by atoms with Gasteiger partial charge in [-0.3, -0.25) is 0 Å². The molecule has 1 nitrogen and oxygen atoms in total. The topological polar surface area (TPSA) is 3.24 Å². The van der Waals surface area contributed by atoms with Crippen LogP contribution in [-0.2, 0) is 0 Å². The Morgan fingerprint density at radius 1 is 1.25 bits per heavy atom. The molecular formula is C10H20FN. The summed E-state index contributed by atoms with van der Waals surface area (Å²) < 4.78 is 13.5. The summed E-state index contributed by atoms with van der Waals surface area (Å²) in [4.78, 5) is 2.37. The van der Waals surface area contributed by atoms with E-state index in [4.69, 9.17) is 0 Å². The van der Waals surface area contributed by atoms with Crippen LogP contribution in [0.15, 0.2) is 0 Å². The first kappa shape index (κ1) is 9.97. The Morgan fingerprint density at radius 3 is 2.50 bits per heavy atom. The van der Waals surface area contributed by atoms with Gasteiger partial charge in [-0.2, -0.15) is 0 Å². The van der Waals surface area contributed by atoms with Crippen molar-refractivity contribution >= 4 is 0 Å². The molecule has 0 aromatic heterocycles. The average Bonchev–Trinajstić information content (AvgIpc) is 2.10. The number of likely N-dealkylation sites (tertiary alicyclic amines) is 1. The number of alkyl halides is 1. The molecule has 0 saturated carbocycles. The van der Waals surface area contributed by atoms with Crippen molar-refractivity contribution in [2.24, 2.45) is 0 Å². The van der Waals surface area contributed by atoms with Gasteiger partial charge in [0.25, 0.3) is 0 Å². The molecule has 0 aromatic carbocycles. The molecule has 1 saturated heterocycles. The molecule has 12 heavy (non-hydrogen) atoms. The van der Waals surface area contributed by atoms with Crippen molar-refractivity contribution in [3.63, 3.8) is 0 Å². The summed E-state index contributed by atoms with van der Waals surface area (Å²) in [7, 11) is 0. The fourth-order valence-electron chi connectivity index (χ4n) is 1.78. The van der Waals surface area contributed by atoms with Crippen LogP contribution >= 0.6 is 0 Å². The minimum Gasteiger partial charge on any atom is -0.301 e. The zero-order valence-electron chi connectivity index (χ0n) is 8.44. The molecule has 0 aliphatic carbocycles. The van der Waals surface area contributed by atoms with E-state index in [0.29, 0.717) is 12.5 Å². The summed E-state index contributed by atoms with van der Waals surface area (Å²) in [5.41, 5.74) is -0.913. The van der Waals surface area contributed by atoms with Crippen molar-refractivity contribution < 1.29 is 4.39 Å². The lowest BCUT2D eigenvalue weighted by Gasteiger charge is -2.24. The maximum atomic E-state index is 13.5. The molecule has 72 valence electrons. The van der Waals surface area contributed by atoms with Gasteiger partial charge in [-0.05, 0) is 46.6 Å². The highest BCUT2D eigenvalue weighted by Crippen LogP contribution is 2.26. The lowest BCUT2D eigenvalue weighted by molar-refractivity contribution is 0.156. The second kappa shape index (κ2) is 3.73. The Kier molecular flexibility index (Phi) is 3.10. The van der Waals surface area contributed by atoms with Gasteiger partial charge in [0.15, 0.2) is 0 Å². The Balaban J connectivity index is 2.45. The first-order chi connectivity index (χ1) is 5.51. The molecular weight excluding hydrogens is 153 g/mol. The minimum atomic E-state index is -0.913. The molecule has 1 atom stereocenters. The summed E-state index contributed by atoms with van der Waals surface area (Å²) in [6, 6.07) is 0.568. The lowest BCUT2D eigenvalue weighted by Crippen LogP contribution is -2.32. The van der Waals surface area contributed by atoms with Gasteiger partial charge in [-0.1, -0.05) is 0 Å². The van der Waals surface area contributed by atoms with Crippen molar-refractivity contribution in [3.05, 3.63) is 0 Å². The van der Waals surface area contributed by atoms with Crippen molar-refractivity contribution in [3.8, 4) is 0 Å². The maximum absolute atomic E-state index is 13.5. The van der Waals surface area contributed by atoms with Crippen LogP contribution in [-0.4, -0.2) is 29.7 Å². The normalized spacial score (nSPS) is 33.8. The van der Waals surface area contributed by atoms with Gasteiger partial charge >= 0.3 is 0 Å². The Hall–Kier alpha value is -0.110. The molecule has 0 bridgehead atoms. The molecule has 1 fully saturated rings. The Morgan fingerprint density at radius 2 is 1.92 bits per heavy atom. The zero-order chi connectivity index (χ0) is 9.19. The number of nitrogens with zero attached hydrogens (tertiary/aromatic N) is 1. The van der Waals surface area contributed by atoms with Gasteiger partial charge in [0.1, 0.15) is 5.67 Å². The largest absolute Gasteiger partial charge is 0.301 e. The van der Waals surface area contributed by atoms with E-state index in [2.05, 4.69) is 18.7 Å². The van der Waals surface area contributed by atoms with Gasteiger partial charge in [-0.15, -0.1) is 0 Å². The summed E-state index contributed by atoms with van der Waals surface area (Å²) >= 11 is 0. The second-order valence-corrected chi connectivity index (χ2v) is 4.40. The first-order valence-corrected chi connectivity index (χ1v) is 4.94. The summed E-state index contributed by atoms with van der Waals surface area (Å²) in [6.07, 6.45) is 2.44. The van der Waals surface area contributed by atoms with E-state index in [1.165, 1.54) is 0 Å². The summed E-state index contributed by atoms with van der Waals surface area (Å²) in [5.74, 6) is 0. The van der Waals surface area contributed by atoms with Gasteiger partial charge in [0.2, 0.25) is 0 Å². The van der Waals surface area contributed by atoms with E-state index in [0.717, 1.165) is 25.9 Å². The number of hydrogen-bond donors (Lipinski definition) is 0. The van der Waals surface area contributed by atoms with Crippen LogP contribution in [0.1, 0.15) is 40.0 Å². The van der Waals surface area contributed by atoms with E-state index in [9.17, 15) is 4.39 Å². The smallest absolute Gasteiger partial charge is 0.109 e. The monoisotopic (exact) mass is 173 g/mol. The van der Waals surface area contributed by atoms with Crippen LogP contribution in [0.3, 0.4) is 0 Å². The molecule has 1 aliphatic rings. The van der Waals surface area contributed by atoms with E-state index in [1.807, 2.05) is 0 Å². The molecule has 1 aliphatic heterocycles. The SMILES string of the molecule is CC(C)N1CCCC(C)(F)CC1.